The van der Waals surface area contributed by atoms with Crippen molar-refractivity contribution in [3.63, 3.8) is 0 Å². The lowest BCUT2D eigenvalue weighted by Crippen LogP contribution is -1.80. The van der Waals surface area contributed by atoms with Crippen molar-refractivity contribution in [2.24, 2.45) is 0 Å². The van der Waals surface area contributed by atoms with Crippen molar-refractivity contribution in [3.05, 3.63) is 51.5 Å². The van der Waals surface area contributed by atoms with Gasteiger partial charge in [0.15, 0.2) is 0 Å². The summed E-state index contributed by atoms with van der Waals surface area (Å²) in [5.41, 5.74) is 1.60. The van der Waals surface area contributed by atoms with E-state index in [-0.39, 0.29) is 5.75 Å². The summed E-state index contributed by atoms with van der Waals surface area (Å²) < 4.78 is 0. The van der Waals surface area contributed by atoms with Gasteiger partial charge >= 0.3 is 0 Å². The van der Waals surface area contributed by atoms with Gasteiger partial charge in [-0.25, -0.2) is 0 Å². The van der Waals surface area contributed by atoms with E-state index < -0.39 is 0 Å². The predicted molar refractivity (Wildman–Crippen MR) is 68.6 cm³/mol. The zero-order valence-corrected chi connectivity index (χ0v) is 10.3. The molecule has 0 amide bonds. The van der Waals surface area contributed by atoms with Crippen LogP contribution in [0.5, 0.6) is 5.75 Å². The highest BCUT2D eigenvalue weighted by atomic mass is 35.5. The third kappa shape index (κ3) is 2.27. The molecular weight excluding hydrogens is 266 g/mol. The molecule has 1 N–H and O–H groups in total. The summed E-state index contributed by atoms with van der Waals surface area (Å²) in [4.78, 5) is 0. The van der Waals surface area contributed by atoms with Crippen LogP contribution in [0.1, 0.15) is 0 Å². The van der Waals surface area contributed by atoms with Gasteiger partial charge in [-0.1, -0.05) is 46.9 Å². The predicted octanol–water partition coefficient (Wildman–Crippen LogP) is 5.02. The highest BCUT2D eigenvalue weighted by Crippen LogP contribution is 2.34. The lowest BCUT2D eigenvalue weighted by molar-refractivity contribution is 0.476. The number of rotatable bonds is 1. The Bertz CT molecular complexity index is 538. The summed E-state index contributed by atoms with van der Waals surface area (Å²) in [6.07, 6.45) is 0. The Balaban J connectivity index is 2.54. The molecule has 2 rings (SSSR count). The summed E-state index contributed by atoms with van der Waals surface area (Å²) in [6.45, 7) is 0. The van der Waals surface area contributed by atoms with E-state index >= 15 is 0 Å². The Labute approximate surface area is 108 Å². The molecular formula is C12H7Cl3O. The van der Waals surface area contributed by atoms with E-state index in [1.807, 2.05) is 0 Å². The van der Waals surface area contributed by atoms with Crippen molar-refractivity contribution in [1.29, 1.82) is 0 Å². The van der Waals surface area contributed by atoms with Crippen LogP contribution >= 0.6 is 34.8 Å². The molecule has 0 atom stereocenters. The zero-order valence-electron chi connectivity index (χ0n) is 8.05. The molecule has 0 saturated carbocycles. The van der Waals surface area contributed by atoms with E-state index in [0.717, 1.165) is 11.1 Å². The molecule has 1 nitrogen and oxygen atoms in total. The van der Waals surface area contributed by atoms with E-state index in [0.29, 0.717) is 15.1 Å². The van der Waals surface area contributed by atoms with Gasteiger partial charge < -0.3 is 5.11 Å². The monoisotopic (exact) mass is 272 g/mol. The first-order valence-electron chi connectivity index (χ1n) is 4.52. The highest BCUT2D eigenvalue weighted by Gasteiger charge is 2.06. The smallest absolute Gasteiger partial charge is 0.134 e. The minimum atomic E-state index is 0.0326. The molecule has 16 heavy (non-hydrogen) atoms. The van der Waals surface area contributed by atoms with Crippen LogP contribution in [-0.4, -0.2) is 5.11 Å². The molecule has 0 heterocycles. The topological polar surface area (TPSA) is 20.2 Å². The van der Waals surface area contributed by atoms with Crippen LogP contribution in [-0.2, 0) is 0 Å². The van der Waals surface area contributed by atoms with Crippen molar-refractivity contribution in [3.8, 4) is 16.9 Å². The van der Waals surface area contributed by atoms with E-state index in [1.165, 1.54) is 0 Å². The Morgan fingerprint density at radius 1 is 0.812 bits per heavy atom. The molecule has 0 aliphatic rings. The van der Waals surface area contributed by atoms with Gasteiger partial charge in [0.05, 0.1) is 5.02 Å². The molecule has 0 fully saturated rings. The van der Waals surface area contributed by atoms with Gasteiger partial charge in [0.25, 0.3) is 0 Å². The summed E-state index contributed by atoms with van der Waals surface area (Å²) in [5, 5.41) is 10.9. The third-order valence-corrected chi connectivity index (χ3v) is 3.06. The van der Waals surface area contributed by atoms with Gasteiger partial charge in [0, 0.05) is 15.6 Å². The fourth-order valence-electron chi connectivity index (χ4n) is 1.40. The first-order valence-corrected chi connectivity index (χ1v) is 5.65. The first kappa shape index (κ1) is 11.6. The number of phenols is 1. The summed E-state index contributed by atoms with van der Waals surface area (Å²) in [5.74, 6) is 0.0326. The number of hydrogen-bond acceptors (Lipinski definition) is 1. The Kier molecular flexibility index (Phi) is 3.29. The SMILES string of the molecule is Oc1cc(-c2ccc(Cl)cc2Cl)ccc1Cl. The van der Waals surface area contributed by atoms with Crippen LogP contribution in [0, 0.1) is 0 Å². The molecule has 4 heteroatoms. The van der Waals surface area contributed by atoms with Crippen molar-refractivity contribution in [2.45, 2.75) is 0 Å². The Morgan fingerprint density at radius 2 is 1.56 bits per heavy atom. The average Bonchev–Trinajstić information content (AvgIpc) is 2.22. The number of benzene rings is 2. The van der Waals surface area contributed by atoms with Crippen molar-refractivity contribution < 1.29 is 5.11 Å². The second kappa shape index (κ2) is 4.54. The largest absolute Gasteiger partial charge is 0.506 e. The van der Waals surface area contributed by atoms with Gasteiger partial charge in [-0.3, -0.25) is 0 Å². The Morgan fingerprint density at radius 3 is 2.19 bits per heavy atom. The van der Waals surface area contributed by atoms with Gasteiger partial charge in [-0.15, -0.1) is 0 Å². The molecule has 0 bridgehead atoms. The van der Waals surface area contributed by atoms with Crippen molar-refractivity contribution >= 4 is 34.8 Å². The normalized spacial score (nSPS) is 10.4. The maximum Gasteiger partial charge on any atom is 0.134 e. The molecule has 0 aliphatic heterocycles. The first-order chi connectivity index (χ1) is 7.58. The van der Waals surface area contributed by atoms with Crippen LogP contribution in [0.2, 0.25) is 15.1 Å². The van der Waals surface area contributed by atoms with Gasteiger partial charge in [0.2, 0.25) is 0 Å². The van der Waals surface area contributed by atoms with Gasteiger partial charge in [0.1, 0.15) is 5.75 Å². The van der Waals surface area contributed by atoms with Crippen LogP contribution in [0.25, 0.3) is 11.1 Å². The molecule has 0 spiro atoms. The molecule has 0 aliphatic carbocycles. The molecule has 2 aromatic rings. The van der Waals surface area contributed by atoms with E-state index in [4.69, 9.17) is 34.8 Å². The van der Waals surface area contributed by atoms with Gasteiger partial charge in [-0.2, -0.15) is 0 Å². The van der Waals surface area contributed by atoms with E-state index in [1.54, 1.807) is 36.4 Å². The molecule has 0 aromatic heterocycles. The number of hydrogen-bond donors (Lipinski definition) is 1. The second-order valence-corrected chi connectivity index (χ2v) is 4.54. The van der Waals surface area contributed by atoms with Crippen LogP contribution < -0.4 is 0 Å². The Hall–Kier alpha value is -0.890. The maximum absolute atomic E-state index is 9.51. The second-order valence-electron chi connectivity index (χ2n) is 3.29. The van der Waals surface area contributed by atoms with Crippen LogP contribution in [0.15, 0.2) is 36.4 Å². The fraction of sp³-hybridized carbons (Fsp3) is 0. The van der Waals surface area contributed by atoms with Crippen LogP contribution in [0.4, 0.5) is 0 Å². The molecule has 0 unspecified atom stereocenters. The van der Waals surface area contributed by atoms with Crippen molar-refractivity contribution in [2.75, 3.05) is 0 Å². The maximum atomic E-state index is 9.51. The lowest BCUT2D eigenvalue weighted by Gasteiger charge is -2.06. The molecule has 2 aromatic carbocycles. The molecule has 0 saturated heterocycles. The van der Waals surface area contributed by atoms with Crippen molar-refractivity contribution in [1.82, 2.24) is 0 Å². The number of phenolic OH excluding ortho intramolecular Hbond substituents is 1. The summed E-state index contributed by atoms with van der Waals surface area (Å²) >= 11 is 17.6. The third-order valence-electron chi connectivity index (χ3n) is 2.19. The number of halogens is 3. The fourth-order valence-corrected chi connectivity index (χ4v) is 2.04. The van der Waals surface area contributed by atoms with E-state index in [9.17, 15) is 5.11 Å². The van der Waals surface area contributed by atoms with Crippen LogP contribution in [0.3, 0.4) is 0 Å². The summed E-state index contributed by atoms with van der Waals surface area (Å²) in [7, 11) is 0. The lowest BCUT2D eigenvalue weighted by atomic mass is 10.1. The molecule has 0 radical (unpaired) electrons. The average molecular weight is 274 g/mol. The number of aromatic hydroxyl groups is 1. The van der Waals surface area contributed by atoms with E-state index in [2.05, 4.69) is 0 Å². The minimum absolute atomic E-state index is 0.0326. The molecule has 82 valence electrons. The summed E-state index contributed by atoms with van der Waals surface area (Å²) in [6, 6.07) is 10.2. The standard InChI is InChI=1S/C12H7Cl3O/c13-8-2-3-9(11(15)6-8)7-1-4-10(14)12(16)5-7/h1-6,16H. The zero-order chi connectivity index (χ0) is 11.7. The van der Waals surface area contributed by atoms with Gasteiger partial charge in [-0.05, 0) is 29.8 Å². The quantitative estimate of drug-likeness (QED) is 0.773. The minimum Gasteiger partial charge on any atom is -0.506 e. The highest BCUT2D eigenvalue weighted by molar-refractivity contribution is 6.36.